The van der Waals surface area contributed by atoms with Crippen LogP contribution in [0.4, 0.5) is 0 Å². The highest BCUT2D eigenvalue weighted by molar-refractivity contribution is 5.79. The minimum absolute atomic E-state index is 0.00757. The molecule has 2 aliphatic heterocycles. The fraction of sp³-hybridized carbons (Fsp3) is 0.577. The van der Waals surface area contributed by atoms with E-state index in [1.165, 1.54) is 0 Å². The Kier molecular flexibility index (Phi) is 8.07. The van der Waals surface area contributed by atoms with E-state index in [4.69, 9.17) is 14.2 Å². The predicted octanol–water partition coefficient (Wildman–Crippen LogP) is 3.47. The molecule has 0 aliphatic carbocycles. The highest BCUT2D eigenvalue weighted by Crippen LogP contribution is 2.31. The summed E-state index contributed by atoms with van der Waals surface area (Å²) >= 11 is 0. The molecule has 8 heteroatoms. The number of likely N-dealkylation sites (tertiary alicyclic amines) is 1. The van der Waals surface area contributed by atoms with Crippen LogP contribution in [0.25, 0.3) is 0 Å². The molecule has 0 N–H and O–H groups in total. The van der Waals surface area contributed by atoms with Gasteiger partial charge in [0.25, 0.3) is 0 Å². The Morgan fingerprint density at radius 2 is 1.91 bits per heavy atom. The molecule has 1 aromatic heterocycles. The van der Waals surface area contributed by atoms with Crippen molar-refractivity contribution in [3.05, 3.63) is 36.2 Å². The lowest BCUT2D eigenvalue weighted by molar-refractivity contribution is -0.138. The first kappa shape index (κ1) is 24.1. The van der Waals surface area contributed by atoms with Gasteiger partial charge in [-0.1, -0.05) is 18.1 Å². The minimum atomic E-state index is -0.0770. The summed E-state index contributed by atoms with van der Waals surface area (Å²) in [5.74, 6) is 7.66. The number of ether oxygens (including phenoxy) is 3. The van der Waals surface area contributed by atoms with Gasteiger partial charge in [0.05, 0.1) is 37.5 Å². The van der Waals surface area contributed by atoms with Crippen LogP contribution < -0.4 is 9.47 Å². The van der Waals surface area contributed by atoms with E-state index in [1.807, 2.05) is 47.0 Å². The smallest absolute Gasteiger partial charge is 0.228 e. The van der Waals surface area contributed by atoms with Crippen molar-refractivity contribution in [1.82, 2.24) is 19.9 Å². The first-order valence-electron chi connectivity index (χ1n) is 12.2. The maximum atomic E-state index is 12.7. The molecular formula is C26H34N4O4. The summed E-state index contributed by atoms with van der Waals surface area (Å²) in [6.45, 7) is 6.16. The Morgan fingerprint density at radius 3 is 2.65 bits per heavy atom. The summed E-state index contributed by atoms with van der Waals surface area (Å²) < 4.78 is 18.9. The average Bonchev–Trinajstić information content (AvgIpc) is 3.63. The number of hydrogen-bond donors (Lipinski definition) is 0. The van der Waals surface area contributed by atoms with Crippen molar-refractivity contribution in [3.63, 3.8) is 0 Å². The molecule has 1 aromatic carbocycles. The number of hydrogen-bond acceptors (Lipinski definition) is 6. The van der Waals surface area contributed by atoms with Crippen LogP contribution in [-0.4, -0.2) is 64.8 Å². The second-order valence-electron chi connectivity index (χ2n) is 9.13. The highest BCUT2D eigenvalue weighted by Gasteiger charge is 2.36. The van der Waals surface area contributed by atoms with Gasteiger partial charge in [0.15, 0.2) is 5.69 Å². The molecule has 2 aromatic rings. The third-order valence-electron chi connectivity index (χ3n) is 6.66. The van der Waals surface area contributed by atoms with E-state index in [-0.39, 0.29) is 36.7 Å². The van der Waals surface area contributed by atoms with Crippen molar-refractivity contribution < 1.29 is 19.0 Å². The number of carbonyl (C=O) groups excluding carboxylic acids is 1. The normalized spacial score (nSPS) is 21.6. The topological polar surface area (TPSA) is 78.7 Å². The zero-order valence-corrected chi connectivity index (χ0v) is 20.3. The van der Waals surface area contributed by atoms with Crippen LogP contribution in [0, 0.1) is 17.8 Å². The molecule has 4 atom stereocenters. The average molecular weight is 467 g/mol. The molecule has 0 unspecified atom stereocenters. The van der Waals surface area contributed by atoms with Crippen LogP contribution in [0.3, 0.4) is 0 Å². The van der Waals surface area contributed by atoms with Crippen LogP contribution in [0.2, 0.25) is 0 Å². The van der Waals surface area contributed by atoms with Crippen LogP contribution in [0.15, 0.2) is 30.5 Å². The Bertz CT molecular complexity index is 1000. The standard InChI is InChI=1S/C26H34N4O4/c1-19(17-24-12-13-25(34-24)20(2)26(31)29-14-4-5-15-29)30-18-21(27-28-30)7-6-16-33-23-10-8-22(32-3)9-11-23/h8-11,18-20,24-25H,4-5,12-17H2,1-3H3/t19-,20-,24+,25-/m1/s1. The number of aromatic nitrogens is 3. The molecule has 1 amide bonds. The van der Waals surface area contributed by atoms with Gasteiger partial charge >= 0.3 is 0 Å². The molecule has 2 aliphatic rings. The van der Waals surface area contributed by atoms with Crippen LogP contribution in [0.1, 0.15) is 57.7 Å². The second-order valence-corrected chi connectivity index (χ2v) is 9.13. The van der Waals surface area contributed by atoms with Gasteiger partial charge in [0, 0.05) is 13.1 Å². The van der Waals surface area contributed by atoms with Gasteiger partial charge in [-0.05, 0) is 69.2 Å². The van der Waals surface area contributed by atoms with Crippen LogP contribution in [0.5, 0.6) is 11.5 Å². The van der Waals surface area contributed by atoms with Crippen molar-refractivity contribution in [2.24, 2.45) is 5.92 Å². The number of nitrogens with zero attached hydrogens (tertiary/aromatic N) is 4. The monoisotopic (exact) mass is 466 g/mol. The summed E-state index contributed by atoms with van der Waals surface area (Å²) in [4.78, 5) is 14.7. The quantitative estimate of drug-likeness (QED) is 0.555. The fourth-order valence-electron chi connectivity index (χ4n) is 4.62. The zero-order chi connectivity index (χ0) is 23.9. The van der Waals surface area contributed by atoms with E-state index in [9.17, 15) is 4.79 Å². The zero-order valence-electron chi connectivity index (χ0n) is 20.3. The summed E-state index contributed by atoms with van der Waals surface area (Å²) in [5.41, 5.74) is 0.611. The predicted molar refractivity (Wildman–Crippen MR) is 128 cm³/mol. The number of methoxy groups -OCH3 is 1. The third-order valence-corrected chi connectivity index (χ3v) is 6.66. The number of carbonyl (C=O) groups is 1. The van der Waals surface area contributed by atoms with Crippen molar-refractivity contribution in [2.75, 3.05) is 26.8 Å². The van der Waals surface area contributed by atoms with E-state index in [1.54, 1.807) is 7.11 Å². The first-order valence-corrected chi connectivity index (χ1v) is 12.2. The Labute approximate surface area is 201 Å². The molecule has 34 heavy (non-hydrogen) atoms. The Balaban J connectivity index is 1.22. The SMILES string of the molecule is COc1ccc(OCC#Cc2cn([C@H](C)C[C@@H]3CC[C@H]([C@@H](C)C(=O)N4CCCC4)O3)nn2)cc1. The van der Waals surface area contributed by atoms with E-state index in [0.717, 1.165) is 56.7 Å². The van der Waals surface area contributed by atoms with Gasteiger partial charge in [-0.25, -0.2) is 4.68 Å². The number of rotatable bonds is 8. The molecule has 0 spiro atoms. The first-order chi connectivity index (χ1) is 16.5. The summed E-state index contributed by atoms with van der Waals surface area (Å²) in [5, 5.41) is 8.41. The maximum Gasteiger partial charge on any atom is 0.228 e. The van der Waals surface area contributed by atoms with Gasteiger partial charge < -0.3 is 19.1 Å². The molecule has 4 rings (SSSR count). The van der Waals surface area contributed by atoms with Gasteiger partial charge in [0.1, 0.15) is 18.1 Å². The molecule has 0 bridgehead atoms. The van der Waals surface area contributed by atoms with Crippen LogP contribution in [-0.2, 0) is 9.53 Å². The van der Waals surface area contributed by atoms with Crippen molar-refractivity contribution >= 4 is 5.91 Å². The highest BCUT2D eigenvalue weighted by atomic mass is 16.5. The van der Waals surface area contributed by atoms with Crippen molar-refractivity contribution in [1.29, 1.82) is 0 Å². The molecule has 2 saturated heterocycles. The molecule has 0 saturated carbocycles. The van der Waals surface area contributed by atoms with Crippen LogP contribution >= 0.6 is 0 Å². The molecule has 2 fully saturated rings. The van der Waals surface area contributed by atoms with E-state index in [0.29, 0.717) is 5.69 Å². The Morgan fingerprint density at radius 1 is 1.18 bits per heavy atom. The summed E-state index contributed by atoms with van der Waals surface area (Å²) in [6, 6.07) is 7.51. The van der Waals surface area contributed by atoms with Gasteiger partial charge in [-0.3, -0.25) is 4.79 Å². The Hall–Kier alpha value is -3.05. The largest absolute Gasteiger partial charge is 0.497 e. The lowest BCUT2D eigenvalue weighted by Gasteiger charge is -2.25. The van der Waals surface area contributed by atoms with E-state index < -0.39 is 0 Å². The summed E-state index contributed by atoms with van der Waals surface area (Å²) in [6.07, 6.45) is 6.96. The molecule has 0 radical (unpaired) electrons. The van der Waals surface area contributed by atoms with Gasteiger partial charge in [0.2, 0.25) is 5.91 Å². The lowest BCUT2D eigenvalue weighted by Crippen LogP contribution is -2.38. The summed E-state index contributed by atoms with van der Waals surface area (Å²) in [7, 11) is 1.63. The number of amides is 1. The van der Waals surface area contributed by atoms with Crippen molar-refractivity contribution in [3.8, 4) is 23.3 Å². The minimum Gasteiger partial charge on any atom is -0.497 e. The second kappa shape index (κ2) is 11.4. The lowest BCUT2D eigenvalue weighted by atomic mass is 9.99. The van der Waals surface area contributed by atoms with E-state index >= 15 is 0 Å². The maximum absolute atomic E-state index is 12.7. The molecule has 182 valence electrons. The molecular weight excluding hydrogens is 432 g/mol. The number of benzene rings is 1. The third kappa shape index (κ3) is 6.09. The molecule has 3 heterocycles. The van der Waals surface area contributed by atoms with Crippen molar-refractivity contribution in [2.45, 2.75) is 64.2 Å². The molecule has 8 nitrogen and oxygen atoms in total. The van der Waals surface area contributed by atoms with Gasteiger partial charge in [-0.15, -0.1) is 5.10 Å². The van der Waals surface area contributed by atoms with E-state index in [2.05, 4.69) is 29.1 Å². The van der Waals surface area contributed by atoms with Gasteiger partial charge in [-0.2, -0.15) is 0 Å². The fourth-order valence-corrected chi connectivity index (χ4v) is 4.62.